The molecule has 0 bridgehead atoms. The van der Waals surface area contributed by atoms with E-state index in [0.717, 1.165) is 16.8 Å². The molecule has 5 nitrogen and oxygen atoms in total. The fourth-order valence-corrected chi connectivity index (χ4v) is 2.77. The highest BCUT2D eigenvalue weighted by molar-refractivity contribution is 7.10. The van der Waals surface area contributed by atoms with E-state index in [0.29, 0.717) is 16.7 Å². The monoisotopic (exact) mass is 264 g/mol. The van der Waals surface area contributed by atoms with Crippen molar-refractivity contribution < 1.29 is 4.52 Å². The summed E-state index contributed by atoms with van der Waals surface area (Å²) < 4.78 is 9.38. The van der Waals surface area contributed by atoms with Gasteiger partial charge in [0.15, 0.2) is 0 Å². The zero-order valence-corrected chi connectivity index (χ0v) is 10.5. The number of aryl methyl sites for hydroxylation is 1. The Balaban J connectivity index is 2.07. The fraction of sp³-hybridized carbons (Fsp3) is 0.100. The van der Waals surface area contributed by atoms with Gasteiger partial charge < -0.3 is 10.3 Å². The molecule has 86 valence electrons. The van der Waals surface area contributed by atoms with E-state index < -0.39 is 0 Å². The first kappa shape index (κ1) is 10.4. The van der Waals surface area contributed by atoms with Crippen molar-refractivity contribution in [3.8, 4) is 22.8 Å². The molecule has 0 radical (unpaired) electrons. The van der Waals surface area contributed by atoms with Crippen LogP contribution in [0.3, 0.4) is 0 Å². The summed E-state index contributed by atoms with van der Waals surface area (Å²) in [5.41, 5.74) is 8.33. The Morgan fingerprint density at radius 2 is 2.29 bits per heavy atom. The molecule has 0 atom stereocenters. The number of hydrogen-bond donors (Lipinski definition) is 1. The van der Waals surface area contributed by atoms with Crippen LogP contribution >= 0.6 is 22.9 Å². The lowest BCUT2D eigenvalue weighted by atomic mass is 10.2. The maximum Gasteiger partial charge on any atom is 0.263 e. The molecule has 0 amide bonds. The van der Waals surface area contributed by atoms with Crippen molar-refractivity contribution in [3.63, 3.8) is 0 Å². The third-order valence-electron chi connectivity index (χ3n) is 2.31. The van der Waals surface area contributed by atoms with E-state index in [1.165, 1.54) is 11.5 Å². The molecule has 7 heteroatoms. The highest BCUT2D eigenvalue weighted by Crippen LogP contribution is 2.32. The van der Waals surface area contributed by atoms with Crippen LogP contribution in [0.2, 0.25) is 0 Å². The smallest absolute Gasteiger partial charge is 0.263 e. The molecule has 0 fully saturated rings. The van der Waals surface area contributed by atoms with Crippen molar-refractivity contribution in [2.24, 2.45) is 0 Å². The van der Waals surface area contributed by atoms with Crippen LogP contribution in [-0.4, -0.2) is 14.5 Å². The van der Waals surface area contributed by atoms with Crippen LogP contribution in [-0.2, 0) is 0 Å². The van der Waals surface area contributed by atoms with E-state index >= 15 is 0 Å². The highest BCUT2D eigenvalue weighted by Gasteiger charge is 2.17. The van der Waals surface area contributed by atoms with Crippen molar-refractivity contribution in [1.82, 2.24) is 14.5 Å². The van der Waals surface area contributed by atoms with Gasteiger partial charge in [0.2, 0.25) is 5.82 Å². The van der Waals surface area contributed by atoms with Crippen molar-refractivity contribution in [2.45, 2.75) is 6.92 Å². The van der Waals surface area contributed by atoms with Gasteiger partial charge in [0.05, 0.1) is 11.3 Å². The average molecular weight is 264 g/mol. The Labute approximate surface area is 105 Å². The lowest BCUT2D eigenvalue weighted by molar-refractivity contribution is 0.432. The van der Waals surface area contributed by atoms with E-state index in [-0.39, 0.29) is 0 Å². The van der Waals surface area contributed by atoms with Gasteiger partial charge in [-0.25, -0.2) is 0 Å². The Hall–Kier alpha value is -1.73. The second-order valence-electron chi connectivity index (χ2n) is 3.44. The number of hydrogen-bond acceptors (Lipinski definition) is 7. The summed E-state index contributed by atoms with van der Waals surface area (Å²) in [6, 6.07) is 1.95. The average Bonchev–Trinajstić information content (AvgIpc) is 2.98. The largest absolute Gasteiger partial charge is 0.389 e. The zero-order chi connectivity index (χ0) is 11.8. The molecule has 3 aromatic rings. The minimum absolute atomic E-state index is 0.426. The highest BCUT2D eigenvalue weighted by atomic mass is 32.1. The fourth-order valence-electron chi connectivity index (χ4n) is 1.48. The van der Waals surface area contributed by atoms with E-state index in [1.807, 2.05) is 23.8 Å². The summed E-state index contributed by atoms with van der Waals surface area (Å²) >= 11 is 2.83. The molecule has 0 unspecified atom stereocenters. The number of nitrogens with zero attached hydrogens (tertiary/aromatic N) is 3. The van der Waals surface area contributed by atoms with Gasteiger partial charge in [0.1, 0.15) is 5.00 Å². The van der Waals surface area contributed by atoms with Crippen LogP contribution in [0, 0.1) is 6.92 Å². The summed E-state index contributed by atoms with van der Waals surface area (Å²) in [5, 5.41) is 8.48. The van der Waals surface area contributed by atoms with E-state index in [4.69, 9.17) is 10.3 Å². The summed E-state index contributed by atoms with van der Waals surface area (Å²) in [4.78, 5) is 4.33. The van der Waals surface area contributed by atoms with Crippen LogP contribution < -0.4 is 5.73 Å². The lowest BCUT2D eigenvalue weighted by Crippen LogP contribution is -1.86. The molecule has 0 aliphatic carbocycles. The van der Waals surface area contributed by atoms with Gasteiger partial charge in [0, 0.05) is 10.9 Å². The quantitative estimate of drug-likeness (QED) is 0.770. The molecular weight excluding hydrogens is 256 g/mol. The molecule has 3 aromatic heterocycles. The van der Waals surface area contributed by atoms with Gasteiger partial charge in [-0.1, -0.05) is 5.16 Å². The van der Waals surface area contributed by atoms with Crippen LogP contribution in [0.1, 0.15) is 5.69 Å². The van der Waals surface area contributed by atoms with Crippen molar-refractivity contribution in [2.75, 3.05) is 5.73 Å². The molecule has 3 heterocycles. The first-order valence-corrected chi connectivity index (χ1v) is 6.55. The van der Waals surface area contributed by atoms with Crippen LogP contribution in [0.25, 0.3) is 22.8 Å². The summed E-state index contributed by atoms with van der Waals surface area (Å²) in [5.74, 6) is 1.00. The minimum Gasteiger partial charge on any atom is -0.389 e. The SMILES string of the molecule is Cc1nsc(N)c1-c1nc(-c2ccsc2)no1. The predicted octanol–water partition coefficient (Wildman–Crippen LogP) is 2.81. The van der Waals surface area contributed by atoms with E-state index in [9.17, 15) is 0 Å². The third-order valence-corrected chi connectivity index (χ3v) is 3.76. The van der Waals surface area contributed by atoms with Crippen molar-refractivity contribution in [1.29, 1.82) is 0 Å². The normalized spacial score (nSPS) is 10.9. The molecule has 0 saturated carbocycles. The molecule has 0 aliphatic heterocycles. The van der Waals surface area contributed by atoms with Crippen LogP contribution in [0.4, 0.5) is 5.00 Å². The Bertz CT molecular complexity index is 622. The minimum atomic E-state index is 0.426. The molecule has 2 N–H and O–H groups in total. The Morgan fingerprint density at radius 1 is 1.41 bits per heavy atom. The van der Waals surface area contributed by atoms with Gasteiger partial charge in [-0.3, -0.25) is 0 Å². The maximum atomic E-state index is 5.83. The molecule has 17 heavy (non-hydrogen) atoms. The molecule has 0 spiro atoms. The second kappa shape index (κ2) is 3.94. The zero-order valence-electron chi connectivity index (χ0n) is 8.88. The van der Waals surface area contributed by atoms with Gasteiger partial charge in [-0.15, -0.1) is 0 Å². The van der Waals surface area contributed by atoms with E-state index in [2.05, 4.69) is 14.5 Å². The predicted molar refractivity (Wildman–Crippen MR) is 67.9 cm³/mol. The van der Waals surface area contributed by atoms with Gasteiger partial charge >= 0.3 is 0 Å². The van der Waals surface area contributed by atoms with Gasteiger partial charge in [-0.05, 0) is 29.9 Å². The maximum absolute atomic E-state index is 5.83. The number of nitrogen functional groups attached to an aromatic ring is 1. The molecule has 3 rings (SSSR count). The first-order chi connectivity index (χ1) is 8.25. The Morgan fingerprint density at radius 3 is 2.94 bits per heavy atom. The lowest BCUT2D eigenvalue weighted by Gasteiger charge is -1.91. The number of rotatable bonds is 2. The number of anilines is 1. The molecule has 0 saturated heterocycles. The van der Waals surface area contributed by atoms with Crippen molar-refractivity contribution >= 4 is 27.9 Å². The molecule has 0 aromatic carbocycles. The van der Waals surface area contributed by atoms with Crippen molar-refractivity contribution in [3.05, 3.63) is 22.5 Å². The van der Waals surface area contributed by atoms with Gasteiger partial charge in [-0.2, -0.15) is 20.7 Å². The number of thiophene rings is 1. The molecular formula is C10H8N4OS2. The third kappa shape index (κ3) is 1.73. The standard InChI is InChI=1S/C10H8N4OS2/c1-5-7(8(11)17-14-5)10-12-9(13-15-10)6-2-3-16-4-6/h2-4H,11H2,1H3. The summed E-state index contributed by atoms with van der Waals surface area (Å²) in [7, 11) is 0. The van der Waals surface area contributed by atoms with Gasteiger partial charge in [0.25, 0.3) is 5.89 Å². The number of aromatic nitrogens is 3. The summed E-state index contributed by atoms with van der Waals surface area (Å²) in [6.07, 6.45) is 0. The Kier molecular flexibility index (Phi) is 2.41. The van der Waals surface area contributed by atoms with Crippen LogP contribution in [0.5, 0.6) is 0 Å². The second-order valence-corrected chi connectivity index (χ2v) is 5.03. The molecule has 0 aliphatic rings. The summed E-state index contributed by atoms with van der Waals surface area (Å²) in [6.45, 7) is 1.87. The van der Waals surface area contributed by atoms with E-state index in [1.54, 1.807) is 11.3 Å². The first-order valence-electron chi connectivity index (χ1n) is 4.84. The van der Waals surface area contributed by atoms with Crippen LogP contribution in [0.15, 0.2) is 21.3 Å². The number of nitrogens with two attached hydrogens (primary N) is 1. The topological polar surface area (TPSA) is 77.8 Å².